The van der Waals surface area contributed by atoms with E-state index in [9.17, 15) is 5.11 Å². The van der Waals surface area contributed by atoms with E-state index in [2.05, 4.69) is 19.9 Å². The maximum atomic E-state index is 9.61. The Morgan fingerprint density at radius 3 is 2.50 bits per heavy atom. The lowest BCUT2D eigenvalue weighted by atomic mass is 10.1. The van der Waals surface area contributed by atoms with Gasteiger partial charge in [0.1, 0.15) is 0 Å². The summed E-state index contributed by atoms with van der Waals surface area (Å²) >= 11 is 0. The predicted molar refractivity (Wildman–Crippen MR) is 75.9 cm³/mol. The Hall–Kier alpha value is -2.40. The molecule has 0 aliphatic heterocycles. The molecule has 5 nitrogen and oxygen atoms in total. The number of hydrogen-bond acceptors (Lipinski definition) is 5. The van der Waals surface area contributed by atoms with Crippen LogP contribution in [0, 0.1) is 6.92 Å². The molecule has 2 aromatic heterocycles. The molecule has 5 heteroatoms. The summed E-state index contributed by atoms with van der Waals surface area (Å²) in [6, 6.07) is 5.74. The minimum atomic E-state index is -0.563. The minimum Gasteiger partial charge on any atom is -0.389 e. The molecule has 0 fully saturated rings. The minimum absolute atomic E-state index is 0.563. The predicted octanol–water partition coefficient (Wildman–Crippen LogP) is 2.45. The van der Waals surface area contributed by atoms with Gasteiger partial charge in [0.05, 0.1) is 17.1 Å². The van der Waals surface area contributed by atoms with Crippen LogP contribution >= 0.6 is 0 Å². The van der Waals surface area contributed by atoms with Gasteiger partial charge in [-0.05, 0) is 32.0 Å². The number of aliphatic hydroxyl groups excluding tert-OH is 1. The maximum absolute atomic E-state index is 9.61. The zero-order valence-corrected chi connectivity index (χ0v) is 11.3. The van der Waals surface area contributed by atoms with Crippen molar-refractivity contribution in [2.24, 2.45) is 0 Å². The van der Waals surface area contributed by atoms with Gasteiger partial charge in [-0.25, -0.2) is 9.97 Å². The van der Waals surface area contributed by atoms with E-state index in [0.29, 0.717) is 5.82 Å². The largest absolute Gasteiger partial charge is 0.389 e. The van der Waals surface area contributed by atoms with E-state index in [1.54, 1.807) is 25.5 Å². The second-order valence-corrected chi connectivity index (χ2v) is 4.67. The number of nitrogens with zero attached hydrogens (tertiary/aromatic N) is 4. The van der Waals surface area contributed by atoms with E-state index < -0.39 is 6.10 Å². The Morgan fingerprint density at radius 2 is 1.80 bits per heavy atom. The molecule has 0 radical (unpaired) electrons. The van der Waals surface area contributed by atoms with Gasteiger partial charge in [0.25, 0.3) is 0 Å². The van der Waals surface area contributed by atoms with E-state index in [4.69, 9.17) is 0 Å². The number of hydrogen-bond donors (Lipinski definition) is 1. The Labute approximate surface area is 116 Å². The maximum Gasteiger partial charge on any atom is 0.159 e. The molecule has 0 spiro atoms. The number of rotatable bonds is 2. The van der Waals surface area contributed by atoms with Crippen molar-refractivity contribution in [1.82, 2.24) is 19.9 Å². The van der Waals surface area contributed by atoms with Crippen LogP contribution in [0.1, 0.15) is 24.3 Å². The van der Waals surface area contributed by atoms with Crippen molar-refractivity contribution >= 4 is 11.0 Å². The highest BCUT2D eigenvalue weighted by atomic mass is 16.3. The first-order valence-corrected chi connectivity index (χ1v) is 6.38. The van der Waals surface area contributed by atoms with Crippen LogP contribution in [0.15, 0.2) is 36.8 Å². The molecule has 20 heavy (non-hydrogen) atoms. The number of aromatic nitrogens is 4. The molecular formula is C15H14N4O. The monoisotopic (exact) mass is 266 g/mol. The molecule has 0 unspecified atom stereocenters. The van der Waals surface area contributed by atoms with Crippen molar-refractivity contribution in [3.8, 4) is 11.4 Å². The van der Waals surface area contributed by atoms with E-state index >= 15 is 0 Å². The van der Waals surface area contributed by atoms with Gasteiger partial charge in [0.2, 0.25) is 0 Å². The first-order valence-electron chi connectivity index (χ1n) is 6.38. The van der Waals surface area contributed by atoms with Crippen LogP contribution in [0.5, 0.6) is 0 Å². The topological polar surface area (TPSA) is 71.8 Å². The van der Waals surface area contributed by atoms with Crippen molar-refractivity contribution in [2.75, 3.05) is 0 Å². The van der Waals surface area contributed by atoms with Gasteiger partial charge in [-0.1, -0.05) is 0 Å². The molecular weight excluding hydrogens is 252 g/mol. The van der Waals surface area contributed by atoms with E-state index in [-0.39, 0.29) is 0 Å². The third-order valence-electron chi connectivity index (χ3n) is 3.19. The van der Waals surface area contributed by atoms with Gasteiger partial charge in [0, 0.05) is 35.4 Å². The summed E-state index contributed by atoms with van der Waals surface area (Å²) in [6.45, 7) is 3.57. The first-order chi connectivity index (χ1) is 9.65. The fourth-order valence-electron chi connectivity index (χ4n) is 2.13. The molecule has 0 saturated heterocycles. The molecule has 1 atom stereocenters. The van der Waals surface area contributed by atoms with Crippen molar-refractivity contribution in [3.63, 3.8) is 0 Å². The molecule has 3 aromatic rings. The molecule has 0 saturated carbocycles. The summed E-state index contributed by atoms with van der Waals surface area (Å²) in [5.41, 5.74) is 4.07. The highest BCUT2D eigenvalue weighted by Crippen LogP contribution is 2.22. The fourth-order valence-corrected chi connectivity index (χ4v) is 2.13. The second kappa shape index (κ2) is 4.94. The van der Waals surface area contributed by atoms with Gasteiger partial charge < -0.3 is 5.11 Å². The Morgan fingerprint density at radius 1 is 1.05 bits per heavy atom. The molecule has 0 aliphatic rings. The average Bonchev–Trinajstić information content (AvgIpc) is 2.46. The highest BCUT2D eigenvalue weighted by molar-refractivity contribution is 5.79. The highest BCUT2D eigenvalue weighted by Gasteiger charge is 2.10. The lowest BCUT2D eigenvalue weighted by molar-refractivity contribution is 0.197. The smallest absolute Gasteiger partial charge is 0.159 e. The molecule has 100 valence electrons. The van der Waals surface area contributed by atoms with Crippen LogP contribution in [-0.4, -0.2) is 25.0 Å². The lowest BCUT2D eigenvalue weighted by Gasteiger charge is -2.09. The average molecular weight is 266 g/mol. The van der Waals surface area contributed by atoms with Gasteiger partial charge >= 0.3 is 0 Å². The summed E-state index contributed by atoms with van der Waals surface area (Å²) in [7, 11) is 0. The Kier molecular flexibility index (Phi) is 3.12. The van der Waals surface area contributed by atoms with E-state index in [0.717, 1.165) is 27.9 Å². The number of aliphatic hydroxyl groups is 1. The third kappa shape index (κ3) is 2.23. The summed E-state index contributed by atoms with van der Waals surface area (Å²) in [5.74, 6) is 0.624. The summed E-state index contributed by atoms with van der Waals surface area (Å²) in [4.78, 5) is 17.3. The SMILES string of the molecule is Cc1nc(-c2ccc3nccnc3c2)ncc1[C@@H](C)O. The van der Waals surface area contributed by atoms with Crippen LogP contribution in [0.2, 0.25) is 0 Å². The molecule has 3 rings (SSSR count). The molecule has 1 aromatic carbocycles. The molecule has 2 heterocycles. The molecule has 1 N–H and O–H groups in total. The summed E-state index contributed by atoms with van der Waals surface area (Å²) in [6.07, 6.45) is 4.43. The molecule has 0 amide bonds. The van der Waals surface area contributed by atoms with Gasteiger partial charge in [0.15, 0.2) is 5.82 Å². The third-order valence-corrected chi connectivity index (χ3v) is 3.19. The van der Waals surface area contributed by atoms with E-state index in [1.165, 1.54) is 0 Å². The van der Waals surface area contributed by atoms with Crippen LogP contribution in [0.4, 0.5) is 0 Å². The van der Waals surface area contributed by atoms with Crippen molar-refractivity contribution in [1.29, 1.82) is 0 Å². The quantitative estimate of drug-likeness (QED) is 0.771. The van der Waals surface area contributed by atoms with Gasteiger partial charge in [-0.15, -0.1) is 0 Å². The molecule has 0 aliphatic carbocycles. The van der Waals surface area contributed by atoms with Crippen LogP contribution in [-0.2, 0) is 0 Å². The summed E-state index contributed by atoms with van der Waals surface area (Å²) < 4.78 is 0. The van der Waals surface area contributed by atoms with Crippen LogP contribution < -0.4 is 0 Å². The van der Waals surface area contributed by atoms with Gasteiger partial charge in [-0.3, -0.25) is 9.97 Å². The second-order valence-electron chi connectivity index (χ2n) is 4.67. The standard InChI is InChI=1S/C15H14N4O/c1-9-12(10(2)20)8-18-15(19-9)11-3-4-13-14(7-11)17-6-5-16-13/h3-8,10,20H,1-2H3/t10-/m1/s1. The normalized spacial score (nSPS) is 12.6. The van der Waals surface area contributed by atoms with Crippen LogP contribution in [0.3, 0.4) is 0 Å². The first kappa shape index (κ1) is 12.6. The van der Waals surface area contributed by atoms with Gasteiger partial charge in [-0.2, -0.15) is 0 Å². The Balaban J connectivity index is 2.08. The summed E-state index contributed by atoms with van der Waals surface area (Å²) in [5, 5.41) is 9.61. The Bertz CT molecular complexity index is 771. The van der Waals surface area contributed by atoms with Crippen molar-refractivity contribution in [2.45, 2.75) is 20.0 Å². The lowest BCUT2D eigenvalue weighted by Crippen LogP contribution is -2.01. The number of fused-ring (bicyclic) bond motifs is 1. The fraction of sp³-hybridized carbons (Fsp3) is 0.200. The number of aryl methyl sites for hydroxylation is 1. The van der Waals surface area contributed by atoms with Crippen LogP contribution in [0.25, 0.3) is 22.4 Å². The van der Waals surface area contributed by atoms with E-state index in [1.807, 2.05) is 25.1 Å². The number of benzene rings is 1. The van der Waals surface area contributed by atoms with Crippen molar-refractivity contribution in [3.05, 3.63) is 48.0 Å². The van der Waals surface area contributed by atoms with Crippen molar-refractivity contribution < 1.29 is 5.11 Å². The zero-order valence-electron chi connectivity index (χ0n) is 11.3. The molecule has 0 bridgehead atoms. The zero-order chi connectivity index (χ0) is 14.1.